The fraction of sp³-hybridized carbons (Fsp3) is 0.478. The molecular formula is C23H23Cl2F3N2O4S. The van der Waals surface area contributed by atoms with Crippen LogP contribution in [0.3, 0.4) is 0 Å². The Kier molecular flexibility index (Phi) is 6.78. The average Bonchev–Trinajstić information content (AvgIpc) is 3.03. The molecule has 2 heterocycles. The molecule has 0 radical (unpaired) electrons. The van der Waals surface area contributed by atoms with Gasteiger partial charge in [0.1, 0.15) is 5.75 Å². The molecular weight excluding hydrogens is 528 g/mol. The molecule has 6 nitrogen and oxygen atoms in total. The number of nitrogens with one attached hydrogen (secondary N) is 1. The number of carbonyl (C=O) groups excluding carboxylic acids is 1. The Balaban J connectivity index is 1.77. The SMILES string of the molecule is CC[C@@]12CCC(c3ccc(OS(=O)(=O)C(F)(F)F)cc3Cl)[C@H](c3ccc(Cl)cn3)[C@@H]1[C@@H](C)NC2=O. The first kappa shape index (κ1) is 26.0. The van der Waals surface area contributed by atoms with Crippen LogP contribution in [0.15, 0.2) is 36.5 Å². The molecule has 35 heavy (non-hydrogen) atoms. The summed E-state index contributed by atoms with van der Waals surface area (Å²) >= 11 is 12.5. The second kappa shape index (κ2) is 9.12. The largest absolute Gasteiger partial charge is 0.534 e. The Morgan fingerprint density at radius 2 is 1.94 bits per heavy atom. The summed E-state index contributed by atoms with van der Waals surface area (Å²) in [5.74, 6) is -1.14. The zero-order chi connectivity index (χ0) is 25.8. The van der Waals surface area contributed by atoms with Gasteiger partial charge in [-0.1, -0.05) is 36.2 Å². The number of benzene rings is 1. The second-order valence-corrected chi connectivity index (χ2v) is 11.4. The highest BCUT2D eigenvalue weighted by atomic mass is 35.5. The van der Waals surface area contributed by atoms with Crippen molar-refractivity contribution in [1.29, 1.82) is 0 Å². The number of hydrogen-bond donors (Lipinski definition) is 1. The van der Waals surface area contributed by atoms with E-state index in [9.17, 15) is 26.4 Å². The van der Waals surface area contributed by atoms with Crippen molar-refractivity contribution in [3.05, 3.63) is 57.8 Å². The molecule has 1 aromatic heterocycles. The van der Waals surface area contributed by atoms with Crippen LogP contribution in [0.2, 0.25) is 10.0 Å². The summed E-state index contributed by atoms with van der Waals surface area (Å²) in [5.41, 5.74) is -4.81. The molecule has 0 bridgehead atoms. The average molecular weight is 551 g/mol. The molecule has 0 spiro atoms. The third-order valence-electron chi connectivity index (χ3n) is 7.29. The van der Waals surface area contributed by atoms with E-state index in [1.807, 2.05) is 19.9 Å². The summed E-state index contributed by atoms with van der Waals surface area (Å²) in [4.78, 5) is 17.6. The predicted octanol–water partition coefficient (Wildman–Crippen LogP) is 5.81. The van der Waals surface area contributed by atoms with E-state index >= 15 is 0 Å². The number of hydrogen-bond acceptors (Lipinski definition) is 5. The van der Waals surface area contributed by atoms with Crippen LogP contribution in [0.5, 0.6) is 5.75 Å². The van der Waals surface area contributed by atoms with Gasteiger partial charge in [-0.2, -0.15) is 21.6 Å². The number of fused-ring (bicyclic) bond motifs is 1. The summed E-state index contributed by atoms with van der Waals surface area (Å²) in [6.45, 7) is 3.93. The quantitative estimate of drug-likeness (QED) is 0.375. The van der Waals surface area contributed by atoms with E-state index in [-0.39, 0.29) is 34.7 Å². The third kappa shape index (κ3) is 4.49. The highest BCUT2D eigenvalue weighted by molar-refractivity contribution is 7.88. The Labute approximate surface area is 211 Å². The Bertz CT molecular complexity index is 1240. The Hall–Kier alpha value is -2.04. The lowest BCUT2D eigenvalue weighted by atomic mass is 9.55. The van der Waals surface area contributed by atoms with Crippen molar-refractivity contribution in [3.8, 4) is 5.75 Å². The fourth-order valence-electron chi connectivity index (χ4n) is 5.78. The summed E-state index contributed by atoms with van der Waals surface area (Å²) in [5, 5.41) is 3.61. The van der Waals surface area contributed by atoms with E-state index in [1.165, 1.54) is 12.3 Å². The van der Waals surface area contributed by atoms with Crippen molar-refractivity contribution in [3.63, 3.8) is 0 Å². The number of alkyl halides is 3. The van der Waals surface area contributed by atoms with Gasteiger partial charge in [-0.15, -0.1) is 0 Å². The van der Waals surface area contributed by atoms with Crippen LogP contribution in [0.1, 0.15) is 56.2 Å². The maximum atomic E-state index is 13.0. The van der Waals surface area contributed by atoms with Gasteiger partial charge in [0.15, 0.2) is 0 Å². The molecule has 1 aliphatic heterocycles. The number of nitrogens with zero attached hydrogens (tertiary/aromatic N) is 1. The number of aromatic nitrogens is 1. The van der Waals surface area contributed by atoms with Crippen molar-refractivity contribution in [2.45, 2.75) is 56.5 Å². The number of amides is 1. The van der Waals surface area contributed by atoms with E-state index in [0.717, 1.165) is 17.8 Å². The summed E-state index contributed by atoms with van der Waals surface area (Å²) in [6, 6.07) is 7.08. The minimum absolute atomic E-state index is 0.00196. The molecule has 2 aromatic rings. The molecule has 1 N–H and O–H groups in total. The van der Waals surface area contributed by atoms with Crippen molar-refractivity contribution in [1.82, 2.24) is 10.3 Å². The Morgan fingerprint density at radius 1 is 1.23 bits per heavy atom. The van der Waals surface area contributed by atoms with Crippen LogP contribution in [-0.4, -0.2) is 30.9 Å². The zero-order valence-corrected chi connectivity index (χ0v) is 21.1. The molecule has 12 heteroatoms. The highest BCUT2D eigenvalue weighted by Gasteiger charge is 2.59. The molecule has 1 saturated heterocycles. The number of pyridine rings is 1. The highest BCUT2D eigenvalue weighted by Crippen LogP contribution is 2.60. The molecule has 1 aliphatic carbocycles. The predicted molar refractivity (Wildman–Crippen MR) is 125 cm³/mol. The maximum Gasteiger partial charge on any atom is 0.534 e. The van der Waals surface area contributed by atoms with Gasteiger partial charge in [0.05, 0.1) is 10.4 Å². The zero-order valence-electron chi connectivity index (χ0n) is 18.8. The minimum atomic E-state index is -5.83. The molecule has 4 rings (SSSR count). The second-order valence-electron chi connectivity index (χ2n) is 9.04. The molecule has 1 aromatic carbocycles. The van der Waals surface area contributed by atoms with Crippen LogP contribution in [0, 0.1) is 11.3 Å². The first-order chi connectivity index (χ1) is 16.3. The summed E-state index contributed by atoms with van der Waals surface area (Å²) < 4.78 is 65.2. The maximum absolute atomic E-state index is 13.0. The Morgan fingerprint density at radius 3 is 2.51 bits per heavy atom. The van der Waals surface area contributed by atoms with Crippen LogP contribution in [0.4, 0.5) is 13.2 Å². The van der Waals surface area contributed by atoms with Crippen LogP contribution >= 0.6 is 23.2 Å². The lowest BCUT2D eigenvalue weighted by Crippen LogP contribution is -2.44. The van der Waals surface area contributed by atoms with Crippen molar-refractivity contribution >= 4 is 39.2 Å². The van der Waals surface area contributed by atoms with Gasteiger partial charge in [0, 0.05) is 40.9 Å². The molecule has 1 saturated carbocycles. The van der Waals surface area contributed by atoms with Crippen molar-refractivity contribution in [2.75, 3.05) is 0 Å². The van der Waals surface area contributed by atoms with Gasteiger partial charge in [0.2, 0.25) is 5.91 Å². The number of carbonyl (C=O) groups is 1. The molecule has 1 amide bonds. The van der Waals surface area contributed by atoms with Gasteiger partial charge in [0.25, 0.3) is 0 Å². The first-order valence-electron chi connectivity index (χ1n) is 11.0. The lowest BCUT2D eigenvalue weighted by molar-refractivity contribution is -0.131. The lowest BCUT2D eigenvalue weighted by Gasteiger charge is -2.47. The smallest absolute Gasteiger partial charge is 0.376 e. The minimum Gasteiger partial charge on any atom is -0.376 e. The van der Waals surface area contributed by atoms with Gasteiger partial charge in [-0.3, -0.25) is 9.78 Å². The van der Waals surface area contributed by atoms with Crippen LogP contribution in [-0.2, 0) is 14.9 Å². The van der Waals surface area contributed by atoms with E-state index in [4.69, 9.17) is 23.2 Å². The van der Waals surface area contributed by atoms with Crippen molar-refractivity contribution < 1.29 is 30.6 Å². The van der Waals surface area contributed by atoms with Crippen LogP contribution < -0.4 is 9.50 Å². The molecule has 2 fully saturated rings. The topological polar surface area (TPSA) is 85.4 Å². The molecule has 5 atom stereocenters. The van der Waals surface area contributed by atoms with E-state index < -0.39 is 26.8 Å². The molecule has 190 valence electrons. The first-order valence-corrected chi connectivity index (χ1v) is 13.2. The standard InChI is InChI=1S/C23H23Cl2F3N2O4S/c1-3-22-9-8-16(15-6-5-14(10-17(15)25)34-35(32,33)23(26,27)28)19(18-7-4-13(24)11-29-18)20(22)12(2)30-21(22)31/h4-7,10-12,16,19-20H,3,8-9H2,1-2H3,(H,30,31)/t12-,16?,19-,20+,22-/m1/s1. The van der Waals surface area contributed by atoms with Crippen LogP contribution in [0.25, 0.3) is 0 Å². The van der Waals surface area contributed by atoms with Gasteiger partial charge in [-0.25, -0.2) is 0 Å². The summed E-state index contributed by atoms with van der Waals surface area (Å²) in [7, 11) is -5.83. The van der Waals surface area contributed by atoms with Gasteiger partial charge in [-0.05, 0) is 55.9 Å². The third-order valence-corrected chi connectivity index (χ3v) is 8.82. The molecule has 2 aliphatic rings. The van der Waals surface area contributed by atoms with E-state index in [2.05, 4.69) is 14.5 Å². The number of halogens is 5. The fourth-order valence-corrected chi connectivity index (χ4v) is 6.65. The molecule has 1 unspecified atom stereocenters. The van der Waals surface area contributed by atoms with Gasteiger partial charge >= 0.3 is 15.6 Å². The van der Waals surface area contributed by atoms with Gasteiger partial charge < -0.3 is 9.50 Å². The monoisotopic (exact) mass is 550 g/mol. The number of rotatable bonds is 5. The van der Waals surface area contributed by atoms with E-state index in [1.54, 1.807) is 6.07 Å². The van der Waals surface area contributed by atoms with Crippen molar-refractivity contribution in [2.24, 2.45) is 11.3 Å². The normalized spacial score (nSPS) is 28.9. The summed E-state index contributed by atoms with van der Waals surface area (Å²) in [6.07, 6.45) is 3.34. The van der Waals surface area contributed by atoms with E-state index in [0.29, 0.717) is 29.8 Å².